The number of hydrogen-bond donors (Lipinski definition) is 2. The highest BCUT2D eigenvalue weighted by Gasteiger charge is 2.18. The van der Waals surface area contributed by atoms with Crippen molar-refractivity contribution in [1.29, 1.82) is 0 Å². The van der Waals surface area contributed by atoms with Gasteiger partial charge in [-0.1, -0.05) is 60.7 Å². The molecule has 0 saturated heterocycles. The largest absolute Gasteiger partial charge is 0.350 e. The zero-order valence-corrected chi connectivity index (χ0v) is 17.2. The number of nitrogens with one attached hydrogen (secondary N) is 2. The van der Waals surface area contributed by atoms with Gasteiger partial charge in [0.05, 0.1) is 17.9 Å². The van der Waals surface area contributed by atoms with Crippen LogP contribution in [-0.4, -0.2) is 22.2 Å². The van der Waals surface area contributed by atoms with Gasteiger partial charge in [-0.2, -0.15) is 5.10 Å². The van der Waals surface area contributed by atoms with E-state index in [1.807, 2.05) is 36.4 Å². The molecular weight excluding hydrogens is 384 g/mol. The molecule has 6 heteroatoms. The van der Waals surface area contributed by atoms with E-state index in [0.717, 1.165) is 42.9 Å². The Balaban J connectivity index is 0.00000240. The maximum absolute atomic E-state index is 12.7. The summed E-state index contributed by atoms with van der Waals surface area (Å²) in [6.45, 7) is 3.26. The molecule has 29 heavy (non-hydrogen) atoms. The van der Waals surface area contributed by atoms with Gasteiger partial charge in [0.25, 0.3) is 0 Å². The minimum atomic E-state index is 0. The van der Waals surface area contributed by atoms with Crippen LogP contribution in [0.2, 0.25) is 0 Å². The fourth-order valence-electron chi connectivity index (χ4n) is 3.75. The van der Waals surface area contributed by atoms with Gasteiger partial charge in [-0.3, -0.25) is 9.48 Å². The SMILES string of the molecule is Cl.O=C(CC(c1ccccc1)c1ccccc1)NCc1cc2n(n1)CCCNC2. The van der Waals surface area contributed by atoms with E-state index in [2.05, 4.69) is 50.7 Å². The minimum absolute atomic E-state index is 0. The summed E-state index contributed by atoms with van der Waals surface area (Å²) in [6, 6.07) is 22.5. The van der Waals surface area contributed by atoms with Crippen LogP contribution in [0, 0.1) is 0 Å². The minimum Gasteiger partial charge on any atom is -0.350 e. The lowest BCUT2D eigenvalue weighted by Gasteiger charge is -2.17. The molecule has 1 aliphatic heterocycles. The normalized spacial score (nSPS) is 13.3. The van der Waals surface area contributed by atoms with E-state index in [0.29, 0.717) is 13.0 Å². The first-order valence-electron chi connectivity index (χ1n) is 9.92. The Labute approximate surface area is 177 Å². The molecule has 2 aromatic carbocycles. The van der Waals surface area contributed by atoms with Crippen molar-refractivity contribution in [3.63, 3.8) is 0 Å². The van der Waals surface area contributed by atoms with Crippen molar-refractivity contribution in [3.8, 4) is 0 Å². The smallest absolute Gasteiger partial charge is 0.221 e. The van der Waals surface area contributed by atoms with E-state index < -0.39 is 0 Å². The van der Waals surface area contributed by atoms with Crippen LogP contribution in [0.5, 0.6) is 0 Å². The third-order valence-electron chi connectivity index (χ3n) is 5.20. The van der Waals surface area contributed by atoms with Crippen LogP contribution in [0.3, 0.4) is 0 Å². The highest BCUT2D eigenvalue weighted by atomic mass is 35.5. The Kier molecular flexibility index (Phi) is 7.44. The lowest BCUT2D eigenvalue weighted by atomic mass is 9.88. The van der Waals surface area contributed by atoms with Gasteiger partial charge in [-0.15, -0.1) is 12.4 Å². The topological polar surface area (TPSA) is 59.0 Å². The summed E-state index contributed by atoms with van der Waals surface area (Å²) in [5, 5.41) is 11.1. The predicted octanol–water partition coefficient (Wildman–Crippen LogP) is 3.64. The Morgan fingerprint density at radius 3 is 2.38 bits per heavy atom. The van der Waals surface area contributed by atoms with Crippen LogP contribution in [0.15, 0.2) is 66.7 Å². The van der Waals surface area contributed by atoms with Crippen LogP contribution >= 0.6 is 12.4 Å². The molecule has 0 bridgehead atoms. The van der Waals surface area contributed by atoms with Gasteiger partial charge < -0.3 is 10.6 Å². The number of amides is 1. The van der Waals surface area contributed by atoms with Crippen molar-refractivity contribution in [2.45, 2.75) is 38.4 Å². The first kappa shape index (κ1) is 21.1. The molecule has 0 unspecified atom stereocenters. The van der Waals surface area contributed by atoms with E-state index in [4.69, 9.17) is 0 Å². The molecule has 2 N–H and O–H groups in total. The maximum atomic E-state index is 12.7. The van der Waals surface area contributed by atoms with Gasteiger partial charge in [-0.05, 0) is 30.2 Å². The molecule has 1 aromatic heterocycles. The summed E-state index contributed by atoms with van der Waals surface area (Å²) in [7, 11) is 0. The molecule has 0 saturated carbocycles. The lowest BCUT2D eigenvalue weighted by Crippen LogP contribution is -2.25. The Hall–Kier alpha value is -2.63. The number of aromatic nitrogens is 2. The second-order valence-electron chi connectivity index (χ2n) is 7.24. The first-order valence-corrected chi connectivity index (χ1v) is 9.92. The van der Waals surface area contributed by atoms with E-state index in [-0.39, 0.29) is 24.2 Å². The van der Waals surface area contributed by atoms with Crippen LogP contribution in [-0.2, 0) is 24.4 Å². The molecule has 2 heterocycles. The van der Waals surface area contributed by atoms with Crippen molar-refractivity contribution in [3.05, 3.63) is 89.2 Å². The molecule has 4 rings (SSSR count). The number of fused-ring (bicyclic) bond motifs is 1. The number of nitrogens with zero attached hydrogens (tertiary/aromatic N) is 2. The molecule has 0 spiro atoms. The predicted molar refractivity (Wildman–Crippen MR) is 117 cm³/mol. The number of carbonyl (C=O) groups is 1. The number of carbonyl (C=O) groups excluding carboxylic acids is 1. The van der Waals surface area contributed by atoms with Crippen molar-refractivity contribution in [1.82, 2.24) is 20.4 Å². The van der Waals surface area contributed by atoms with E-state index >= 15 is 0 Å². The van der Waals surface area contributed by atoms with E-state index in [1.165, 1.54) is 5.69 Å². The lowest BCUT2D eigenvalue weighted by molar-refractivity contribution is -0.121. The van der Waals surface area contributed by atoms with Gasteiger partial charge in [-0.25, -0.2) is 0 Å². The Morgan fingerprint density at radius 1 is 1.07 bits per heavy atom. The van der Waals surface area contributed by atoms with Crippen molar-refractivity contribution in [2.24, 2.45) is 0 Å². The van der Waals surface area contributed by atoms with Gasteiger partial charge in [0.2, 0.25) is 5.91 Å². The second kappa shape index (κ2) is 10.2. The van der Waals surface area contributed by atoms with E-state index in [1.54, 1.807) is 0 Å². The fraction of sp³-hybridized carbons (Fsp3) is 0.304. The summed E-state index contributed by atoms with van der Waals surface area (Å²) < 4.78 is 2.05. The van der Waals surface area contributed by atoms with Crippen LogP contribution < -0.4 is 10.6 Å². The molecule has 0 radical (unpaired) electrons. The fourth-order valence-corrected chi connectivity index (χ4v) is 3.75. The molecule has 5 nitrogen and oxygen atoms in total. The van der Waals surface area contributed by atoms with Crippen LogP contribution in [0.25, 0.3) is 0 Å². The third kappa shape index (κ3) is 5.46. The Bertz CT molecular complexity index is 848. The Morgan fingerprint density at radius 2 is 1.72 bits per heavy atom. The zero-order chi connectivity index (χ0) is 19.2. The summed E-state index contributed by atoms with van der Waals surface area (Å²) in [6.07, 6.45) is 1.50. The van der Waals surface area contributed by atoms with Gasteiger partial charge >= 0.3 is 0 Å². The number of aryl methyl sites for hydroxylation is 1. The maximum Gasteiger partial charge on any atom is 0.221 e. The van der Waals surface area contributed by atoms with Crippen molar-refractivity contribution in [2.75, 3.05) is 6.54 Å². The van der Waals surface area contributed by atoms with E-state index in [9.17, 15) is 4.79 Å². The molecule has 1 amide bonds. The van der Waals surface area contributed by atoms with Crippen LogP contribution in [0.4, 0.5) is 0 Å². The molecule has 152 valence electrons. The average Bonchev–Trinajstić information content (AvgIpc) is 3.00. The quantitative estimate of drug-likeness (QED) is 0.652. The summed E-state index contributed by atoms with van der Waals surface area (Å²) in [4.78, 5) is 12.7. The van der Waals surface area contributed by atoms with Crippen molar-refractivity contribution < 1.29 is 4.79 Å². The highest BCUT2D eigenvalue weighted by molar-refractivity contribution is 5.85. The first-order chi connectivity index (χ1) is 13.8. The summed E-state index contributed by atoms with van der Waals surface area (Å²) >= 11 is 0. The molecular formula is C23H27ClN4O. The average molecular weight is 411 g/mol. The number of benzene rings is 2. The second-order valence-corrected chi connectivity index (χ2v) is 7.24. The summed E-state index contributed by atoms with van der Waals surface area (Å²) in [5.41, 5.74) is 4.42. The number of halogens is 1. The monoisotopic (exact) mass is 410 g/mol. The molecule has 0 fully saturated rings. The van der Waals surface area contributed by atoms with Gasteiger partial charge in [0.15, 0.2) is 0 Å². The van der Waals surface area contributed by atoms with Gasteiger partial charge in [0, 0.05) is 25.4 Å². The third-order valence-corrected chi connectivity index (χ3v) is 5.20. The standard InChI is InChI=1S/C23H26N4O.ClH/c28-23(25-16-20-14-21-17-24-12-7-13-27(21)26-20)15-22(18-8-3-1-4-9-18)19-10-5-2-6-11-19;/h1-6,8-11,14,22,24H,7,12-13,15-17H2,(H,25,28);1H. The summed E-state index contributed by atoms with van der Waals surface area (Å²) in [5.74, 6) is 0.0874. The molecule has 0 aliphatic carbocycles. The van der Waals surface area contributed by atoms with Gasteiger partial charge in [0.1, 0.15) is 0 Å². The molecule has 0 atom stereocenters. The highest BCUT2D eigenvalue weighted by Crippen LogP contribution is 2.27. The molecule has 1 aliphatic rings. The molecule has 3 aromatic rings. The number of hydrogen-bond acceptors (Lipinski definition) is 3. The number of rotatable bonds is 6. The van der Waals surface area contributed by atoms with Crippen molar-refractivity contribution >= 4 is 18.3 Å². The van der Waals surface area contributed by atoms with Crippen LogP contribution in [0.1, 0.15) is 41.3 Å². The zero-order valence-electron chi connectivity index (χ0n) is 16.4.